The van der Waals surface area contributed by atoms with Crippen LogP contribution in [-0.2, 0) is 19.1 Å². The predicted molar refractivity (Wildman–Crippen MR) is 41.8 cm³/mol. The Morgan fingerprint density at radius 2 is 2.46 bits per heavy atom. The van der Waals surface area contributed by atoms with Crippen LogP contribution in [0.2, 0.25) is 0 Å². The Kier molecular flexibility index (Phi) is 3.25. The topological polar surface area (TPSA) is 72.8 Å². The third-order valence-corrected chi connectivity index (χ3v) is 1.76. The first-order valence-electron chi connectivity index (χ1n) is 4.17. The van der Waals surface area contributed by atoms with Crippen LogP contribution in [0.1, 0.15) is 19.8 Å². The summed E-state index contributed by atoms with van der Waals surface area (Å²) in [4.78, 5) is 21.4. The van der Waals surface area contributed by atoms with E-state index < -0.39 is 18.2 Å². The number of ether oxygens (including phenoxy) is 2. The molecule has 2 atom stereocenters. The summed E-state index contributed by atoms with van der Waals surface area (Å²) in [7, 11) is 0. The Morgan fingerprint density at radius 3 is 2.92 bits per heavy atom. The van der Waals surface area contributed by atoms with Crippen molar-refractivity contribution in [2.75, 3.05) is 6.61 Å². The number of esters is 2. The van der Waals surface area contributed by atoms with Gasteiger partial charge in [-0.05, 0) is 0 Å². The molecule has 1 aliphatic rings. The van der Waals surface area contributed by atoms with Crippen LogP contribution in [0.15, 0.2) is 0 Å². The summed E-state index contributed by atoms with van der Waals surface area (Å²) >= 11 is 0. The van der Waals surface area contributed by atoms with E-state index in [0.29, 0.717) is 6.42 Å². The minimum Gasteiger partial charge on any atom is -0.462 e. The second-order valence-corrected chi connectivity index (χ2v) is 2.85. The lowest BCUT2D eigenvalue weighted by Crippen LogP contribution is -2.18. The van der Waals surface area contributed by atoms with Gasteiger partial charge in [0.05, 0.1) is 0 Å². The zero-order chi connectivity index (χ0) is 9.84. The molecule has 5 nitrogen and oxygen atoms in total. The highest BCUT2D eigenvalue weighted by atomic mass is 16.6. The molecule has 0 spiro atoms. The summed E-state index contributed by atoms with van der Waals surface area (Å²) in [6.07, 6.45) is -1.05. The van der Waals surface area contributed by atoms with Crippen molar-refractivity contribution >= 4 is 11.9 Å². The molecule has 1 fully saturated rings. The van der Waals surface area contributed by atoms with E-state index in [-0.39, 0.29) is 19.0 Å². The predicted octanol–water partition coefficient (Wildman–Crippen LogP) is -0.384. The first kappa shape index (κ1) is 9.98. The van der Waals surface area contributed by atoms with E-state index in [9.17, 15) is 9.59 Å². The average Bonchev–Trinajstić information content (AvgIpc) is 2.42. The number of hydrogen-bond donors (Lipinski definition) is 1. The van der Waals surface area contributed by atoms with Crippen LogP contribution in [0, 0.1) is 0 Å². The summed E-state index contributed by atoms with van der Waals surface area (Å²) in [5.41, 5.74) is 0. The van der Waals surface area contributed by atoms with Gasteiger partial charge in [-0.2, -0.15) is 0 Å². The highest BCUT2D eigenvalue weighted by molar-refractivity contribution is 5.76. The van der Waals surface area contributed by atoms with Crippen molar-refractivity contribution in [2.24, 2.45) is 0 Å². The van der Waals surface area contributed by atoms with Crippen molar-refractivity contribution < 1.29 is 24.2 Å². The molecule has 74 valence electrons. The number of hydrogen-bond acceptors (Lipinski definition) is 5. The second-order valence-electron chi connectivity index (χ2n) is 2.85. The Morgan fingerprint density at radius 1 is 1.77 bits per heavy atom. The van der Waals surface area contributed by atoms with E-state index >= 15 is 0 Å². The molecule has 0 unspecified atom stereocenters. The van der Waals surface area contributed by atoms with Gasteiger partial charge >= 0.3 is 11.9 Å². The maximum atomic E-state index is 10.7. The third kappa shape index (κ3) is 2.69. The van der Waals surface area contributed by atoms with Gasteiger partial charge in [0.2, 0.25) is 0 Å². The van der Waals surface area contributed by atoms with Crippen molar-refractivity contribution in [3.05, 3.63) is 0 Å². The molecule has 1 rings (SSSR count). The monoisotopic (exact) mass is 188 g/mol. The molecule has 5 heteroatoms. The second kappa shape index (κ2) is 4.23. The molecule has 1 N–H and O–H groups in total. The molecule has 0 aromatic heterocycles. The Bertz CT molecular complexity index is 213. The number of aliphatic hydroxyl groups excluding tert-OH is 1. The normalized spacial score (nSPS) is 27.1. The van der Waals surface area contributed by atoms with Gasteiger partial charge in [-0.15, -0.1) is 0 Å². The number of carbonyl (C=O) groups is 2. The minimum atomic E-state index is -1.06. The minimum absolute atomic E-state index is 0.0372. The fourth-order valence-corrected chi connectivity index (χ4v) is 1.03. The first-order valence-corrected chi connectivity index (χ1v) is 4.17. The number of carbonyl (C=O) groups excluding carboxylic acids is 2. The fraction of sp³-hybridized carbons (Fsp3) is 0.750. The van der Waals surface area contributed by atoms with Crippen molar-refractivity contribution in [2.45, 2.75) is 32.0 Å². The largest absolute Gasteiger partial charge is 0.462 e. The van der Waals surface area contributed by atoms with Crippen molar-refractivity contribution in [1.29, 1.82) is 0 Å². The molecule has 0 bridgehead atoms. The maximum Gasteiger partial charge on any atom is 0.335 e. The highest BCUT2D eigenvalue weighted by Gasteiger charge is 2.33. The third-order valence-electron chi connectivity index (χ3n) is 1.76. The van der Waals surface area contributed by atoms with E-state index in [4.69, 9.17) is 14.6 Å². The molecular weight excluding hydrogens is 176 g/mol. The molecule has 13 heavy (non-hydrogen) atoms. The molecule has 0 aromatic carbocycles. The van der Waals surface area contributed by atoms with Gasteiger partial charge < -0.3 is 14.6 Å². The molecule has 0 aliphatic carbocycles. The molecule has 1 heterocycles. The van der Waals surface area contributed by atoms with Gasteiger partial charge in [0.25, 0.3) is 0 Å². The molecule has 0 radical (unpaired) electrons. The molecule has 1 aliphatic heterocycles. The quantitative estimate of drug-likeness (QED) is 0.611. The Labute approximate surface area is 75.6 Å². The van der Waals surface area contributed by atoms with Crippen molar-refractivity contribution in [1.82, 2.24) is 0 Å². The van der Waals surface area contributed by atoms with Crippen LogP contribution < -0.4 is 0 Å². The Balaban J connectivity index is 2.24. The summed E-state index contributed by atoms with van der Waals surface area (Å²) in [5.74, 6) is -0.977. The lowest BCUT2D eigenvalue weighted by Gasteiger charge is -2.08. The fourth-order valence-electron chi connectivity index (χ4n) is 1.03. The SMILES string of the molecule is CCC(=O)OC[C@@H]1C[C@H](O)C(=O)O1. The summed E-state index contributed by atoms with van der Waals surface area (Å²) < 4.78 is 9.45. The van der Waals surface area contributed by atoms with Crippen LogP contribution in [0.25, 0.3) is 0 Å². The van der Waals surface area contributed by atoms with Crippen molar-refractivity contribution in [3.8, 4) is 0 Å². The highest BCUT2D eigenvalue weighted by Crippen LogP contribution is 2.14. The van der Waals surface area contributed by atoms with Crippen LogP contribution in [0.4, 0.5) is 0 Å². The number of cyclic esters (lactones) is 1. The average molecular weight is 188 g/mol. The zero-order valence-corrected chi connectivity index (χ0v) is 7.36. The smallest absolute Gasteiger partial charge is 0.335 e. The standard InChI is InChI=1S/C8H12O5/c1-2-7(10)12-4-5-3-6(9)8(11)13-5/h5-6,9H,2-4H2,1H3/t5-,6-/m0/s1. The zero-order valence-electron chi connectivity index (χ0n) is 7.36. The molecule has 0 amide bonds. The van der Waals surface area contributed by atoms with Crippen LogP contribution in [0.3, 0.4) is 0 Å². The van der Waals surface area contributed by atoms with Crippen molar-refractivity contribution in [3.63, 3.8) is 0 Å². The van der Waals surface area contributed by atoms with Gasteiger partial charge in [-0.1, -0.05) is 6.92 Å². The molecular formula is C8H12O5. The van der Waals surface area contributed by atoms with Gasteiger partial charge in [-0.3, -0.25) is 4.79 Å². The van der Waals surface area contributed by atoms with Gasteiger partial charge in [0.1, 0.15) is 12.7 Å². The van der Waals surface area contributed by atoms with E-state index in [1.807, 2.05) is 0 Å². The number of rotatable bonds is 3. The van der Waals surface area contributed by atoms with E-state index in [2.05, 4.69) is 0 Å². The van der Waals surface area contributed by atoms with E-state index in [1.54, 1.807) is 6.92 Å². The van der Waals surface area contributed by atoms with Crippen LogP contribution >= 0.6 is 0 Å². The van der Waals surface area contributed by atoms with Gasteiger partial charge in [0, 0.05) is 12.8 Å². The molecule has 1 saturated heterocycles. The van der Waals surface area contributed by atoms with Gasteiger partial charge in [0.15, 0.2) is 6.10 Å². The molecule has 0 saturated carbocycles. The summed E-state index contributed by atoms with van der Waals surface area (Å²) in [6, 6.07) is 0. The lowest BCUT2D eigenvalue weighted by molar-refractivity contribution is -0.154. The van der Waals surface area contributed by atoms with E-state index in [0.717, 1.165) is 0 Å². The Hall–Kier alpha value is -1.10. The summed E-state index contributed by atoms with van der Waals surface area (Å²) in [6.45, 7) is 1.72. The first-order chi connectivity index (χ1) is 6.13. The summed E-state index contributed by atoms with van der Waals surface area (Å²) in [5, 5.41) is 8.98. The maximum absolute atomic E-state index is 10.7. The van der Waals surface area contributed by atoms with Gasteiger partial charge in [-0.25, -0.2) is 4.79 Å². The molecule has 0 aromatic rings. The van der Waals surface area contributed by atoms with Crippen LogP contribution in [0.5, 0.6) is 0 Å². The van der Waals surface area contributed by atoms with E-state index in [1.165, 1.54) is 0 Å². The lowest BCUT2D eigenvalue weighted by atomic mass is 10.2. The van der Waals surface area contributed by atoms with Crippen LogP contribution in [-0.4, -0.2) is 35.9 Å². The number of aliphatic hydroxyl groups is 1.